The monoisotopic (exact) mass is 374 g/mol. The molecular weight excluding hydrogens is 360 g/mol. The number of nitrogen functional groups attached to an aromatic ring is 1. The van der Waals surface area contributed by atoms with Crippen molar-refractivity contribution >= 4 is 45.9 Å². The van der Waals surface area contributed by atoms with Crippen LogP contribution in [0.1, 0.15) is 27.2 Å². The number of nitrogens with two attached hydrogens (primary N) is 1. The number of methoxy groups -OCH3 is 1. The van der Waals surface area contributed by atoms with Crippen molar-refractivity contribution in [2.45, 2.75) is 12.2 Å². The van der Waals surface area contributed by atoms with Gasteiger partial charge in [0.15, 0.2) is 0 Å². The molecule has 7 heteroatoms. The van der Waals surface area contributed by atoms with E-state index >= 15 is 0 Å². The number of ketones is 1. The van der Waals surface area contributed by atoms with Crippen molar-refractivity contribution in [2.24, 2.45) is 0 Å². The molecule has 2 N–H and O–H groups in total. The number of furan rings is 1. The van der Waals surface area contributed by atoms with Gasteiger partial charge >= 0.3 is 0 Å². The van der Waals surface area contributed by atoms with Gasteiger partial charge in [-0.3, -0.25) is 4.79 Å². The first-order chi connectivity index (χ1) is 12.1. The van der Waals surface area contributed by atoms with Crippen LogP contribution in [0.25, 0.3) is 11.1 Å². The molecule has 2 aromatic heterocycles. The first-order valence-electron chi connectivity index (χ1n) is 7.76. The zero-order chi connectivity index (χ0) is 17.6. The Morgan fingerprint density at radius 3 is 2.80 bits per heavy atom. The van der Waals surface area contributed by atoms with Crippen LogP contribution in [0.3, 0.4) is 0 Å². The third-order valence-electron chi connectivity index (χ3n) is 4.30. The second-order valence-electron chi connectivity index (χ2n) is 5.74. The lowest BCUT2D eigenvalue weighted by Gasteiger charge is -2.18. The molecular formula is C18H15ClN2O3S. The van der Waals surface area contributed by atoms with E-state index in [0.29, 0.717) is 27.9 Å². The fraction of sp³-hybridized carbons (Fsp3) is 0.222. The molecule has 1 aromatic carbocycles. The molecule has 0 aliphatic carbocycles. The molecule has 0 spiro atoms. The number of halogens is 1. The SMILES string of the molecule is COc1nc2oc(C(=O)c3ccc(Cl)cc3)c(N)c2c2c1CSCC2. The second kappa shape index (κ2) is 6.28. The van der Waals surface area contributed by atoms with Gasteiger partial charge < -0.3 is 14.9 Å². The van der Waals surface area contributed by atoms with Crippen molar-refractivity contribution in [1.82, 2.24) is 4.98 Å². The maximum absolute atomic E-state index is 12.8. The van der Waals surface area contributed by atoms with E-state index in [4.69, 9.17) is 26.5 Å². The summed E-state index contributed by atoms with van der Waals surface area (Å²) in [4.78, 5) is 17.2. The molecule has 0 saturated carbocycles. The Hall–Kier alpha value is -2.18. The number of carbonyl (C=O) groups excluding carboxylic acids is 1. The highest BCUT2D eigenvalue weighted by atomic mass is 35.5. The number of hydrogen-bond donors (Lipinski definition) is 1. The first-order valence-corrected chi connectivity index (χ1v) is 9.29. The summed E-state index contributed by atoms with van der Waals surface area (Å²) in [5.41, 5.74) is 9.54. The third kappa shape index (κ3) is 2.65. The summed E-state index contributed by atoms with van der Waals surface area (Å²) in [6.45, 7) is 0. The number of fused-ring (bicyclic) bond motifs is 3. The van der Waals surface area contributed by atoms with Crippen molar-refractivity contribution in [3.8, 4) is 5.88 Å². The van der Waals surface area contributed by atoms with Crippen LogP contribution in [0.5, 0.6) is 5.88 Å². The van der Waals surface area contributed by atoms with Crippen LogP contribution in [-0.4, -0.2) is 23.6 Å². The molecule has 3 heterocycles. The van der Waals surface area contributed by atoms with Crippen LogP contribution < -0.4 is 10.5 Å². The second-order valence-corrected chi connectivity index (χ2v) is 7.28. The highest BCUT2D eigenvalue weighted by molar-refractivity contribution is 7.98. The smallest absolute Gasteiger partial charge is 0.232 e. The van der Waals surface area contributed by atoms with E-state index in [1.807, 2.05) is 11.8 Å². The largest absolute Gasteiger partial charge is 0.481 e. The van der Waals surface area contributed by atoms with Crippen molar-refractivity contribution in [3.05, 3.63) is 51.7 Å². The summed E-state index contributed by atoms with van der Waals surface area (Å²) in [6.07, 6.45) is 0.841. The number of benzene rings is 1. The van der Waals surface area contributed by atoms with E-state index in [1.54, 1.807) is 31.4 Å². The summed E-state index contributed by atoms with van der Waals surface area (Å²) in [5, 5.41) is 1.29. The normalized spacial score (nSPS) is 13.7. The number of carbonyl (C=O) groups is 1. The zero-order valence-electron chi connectivity index (χ0n) is 13.5. The molecule has 0 radical (unpaired) electrons. The van der Waals surface area contributed by atoms with Gasteiger partial charge in [-0.05, 0) is 42.0 Å². The van der Waals surface area contributed by atoms with E-state index in [9.17, 15) is 4.79 Å². The molecule has 25 heavy (non-hydrogen) atoms. The van der Waals surface area contributed by atoms with Gasteiger partial charge in [-0.25, -0.2) is 0 Å². The Balaban J connectivity index is 1.90. The average molecular weight is 375 g/mol. The highest BCUT2D eigenvalue weighted by Gasteiger charge is 2.27. The van der Waals surface area contributed by atoms with Crippen LogP contribution in [-0.2, 0) is 12.2 Å². The molecule has 3 aromatic rings. The van der Waals surface area contributed by atoms with Crippen molar-refractivity contribution in [2.75, 3.05) is 18.6 Å². The quantitative estimate of drug-likeness (QED) is 0.695. The van der Waals surface area contributed by atoms with E-state index in [0.717, 1.165) is 34.4 Å². The molecule has 1 aliphatic heterocycles. The van der Waals surface area contributed by atoms with Gasteiger partial charge in [0.2, 0.25) is 23.1 Å². The lowest BCUT2D eigenvalue weighted by Crippen LogP contribution is -2.08. The summed E-state index contributed by atoms with van der Waals surface area (Å²) >= 11 is 7.71. The number of hydrogen-bond acceptors (Lipinski definition) is 6. The zero-order valence-corrected chi connectivity index (χ0v) is 15.0. The van der Waals surface area contributed by atoms with Crippen LogP contribution in [0.2, 0.25) is 5.02 Å². The molecule has 0 saturated heterocycles. The Kier molecular flexibility index (Phi) is 4.09. The maximum atomic E-state index is 12.8. The van der Waals surface area contributed by atoms with Crippen molar-refractivity contribution in [1.29, 1.82) is 0 Å². The highest BCUT2D eigenvalue weighted by Crippen LogP contribution is 2.40. The number of aryl methyl sites for hydroxylation is 1. The van der Waals surface area contributed by atoms with Crippen LogP contribution in [0.4, 0.5) is 5.69 Å². The Labute approximate surface area is 153 Å². The molecule has 0 bridgehead atoms. The van der Waals surface area contributed by atoms with Gasteiger partial charge in [0.25, 0.3) is 0 Å². The molecule has 1 aliphatic rings. The minimum atomic E-state index is -0.287. The van der Waals surface area contributed by atoms with E-state index in [2.05, 4.69) is 4.98 Å². The summed E-state index contributed by atoms with van der Waals surface area (Å²) < 4.78 is 11.2. The standard InChI is InChI=1S/C18H15ClN2O3S/c1-23-17-12-8-25-7-6-11(12)13-14(20)16(24-18(13)21-17)15(22)9-2-4-10(19)5-3-9/h2-5H,6-8,20H2,1H3. The molecule has 0 amide bonds. The predicted octanol–water partition coefficient (Wildman–Crippen LogP) is 4.09. The molecule has 0 fully saturated rings. The topological polar surface area (TPSA) is 78.4 Å². The maximum Gasteiger partial charge on any atom is 0.232 e. The average Bonchev–Trinajstić information content (AvgIpc) is 2.98. The van der Waals surface area contributed by atoms with Gasteiger partial charge in [0.1, 0.15) is 0 Å². The lowest BCUT2D eigenvalue weighted by atomic mass is 10.0. The predicted molar refractivity (Wildman–Crippen MR) is 99.7 cm³/mol. The number of thioether (sulfide) groups is 1. The lowest BCUT2D eigenvalue weighted by molar-refractivity contribution is 0.101. The fourth-order valence-electron chi connectivity index (χ4n) is 3.08. The fourth-order valence-corrected chi connectivity index (χ4v) is 4.21. The third-order valence-corrected chi connectivity index (χ3v) is 5.54. The number of anilines is 1. The molecule has 5 nitrogen and oxygen atoms in total. The summed E-state index contributed by atoms with van der Waals surface area (Å²) in [5.74, 6) is 2.16. The van der Waals surface area contributed by atoms with Crippen molar-refractivity contribution in [3.63, 3.8) is 0 Å². The summed E-state index contributed by atoms with van der Waals surface area (Å²) in [6, 6.07) is 6.62. The van der Waals surface area contributed by atoms with Crippen LogP contribution in [0.15, 0.2) is 28.7 Å². The van der Waals surface area contributed by atoms with Gasteiger partial charge in [-0.1, -0.05) is 11.6 Å². The minimum absolute atomic E-state index is 0.110. The first kappa shape index (κ1) is 16.3. The number of ether oxygens (including phenoxy) is 1. The number of rotatable bonds is 3. The van der Waals surface area contributed by atoms with Crippen molar-refractivity contribution < 1.29 is 13.9 Å². The Morgan fingerprint density at radius 1 is 1.32 bits per heavy atom. The van der Waals surface area contributed by atoms with Gasteiger partial charge in [-0.15, -0.1) is 0 Å². The van der Waals surface area contributed by atoms with Crippen LogP contribution >= 0.6 is 23.4 Å². The number of pyridine rings is 1. The summed E-state index contributed by atoms with van der Waals surface area (Å²) in [7, 11) is 1.58. The molecule has 128 valence electrons. The molecule has 0 unspecified atom stereocenters. The Morgan fingerprint density at radius 2 is 2.08 bits per heavy atom. The molecule has 4 rings (SSSR count). The van der Waals surface area contributed by atoms with E-state index in [1.165, 1.54) is 0 Å². The van der Waals surface area contributed by atoms with Crippen LogP contribution in [0, 0.1) is 0 Å². The van der Waals surface area contributed by atoms with E-state index in [-0.39, 0.29) is 11.5 Å². The Bertz CT molecular complexity index is 982. The number of nitrogens with zero attached hydrogens (tertiary/aromatic N) is 1. The van der Waals surface area contributed by atoms with Gasteiger partial charge in [0.05, 0.1) is 18.2 Å². The van der Waals surface area contributed by atoms with E-state index < -0.39 is 0 Å². The minimum Gasteiger partial charge on any atom is -0.481 e. The molecule has 0 atom stereocenters. The van der Waals surface area contributed by atoms with Gasteiger partial charge in [0, 0.05) is 21.9 Å². The number of aromatic nitrogens is 1. The van der Waals surface area contributed by atoms with Gasteiger partial charge in [-0.2, -0.15) is 16.7 Å².